The molecule has 4 heterocycles. The van der Waals surface area contributed by atoms with E-state index in [9.17, 15) is 0 Å². The molecule has 6 heteroatoms. The lowest BCUT2D eigenvalue weighted by atomic mass is 9.65. The molecular formula is C109H66N4O2. The minimum atomic E-state index is -0.693. The van der Waals surface area contributed by atoms with Gasteiger partial charge in [0.2, 0.25) is 0 Å². The van der Waals surface area contributed by atoms with E-state index in [2.05, 4.69) is 376 Å². The van der Waals surface area contributed by atoms with Gasteiger partial charge in [0, 0.05) is 66.8 Å². The van der Waals surface area contributed by atoms with Crippen molar-refractivity contribution in [3.63, 3.8) is 0 Å². The summed E-state index contributed by atoms with van der Waals surface area (Å²) in [5.74, 6) is 4.69. The quantitative estimate of drug-likeness (QED) is 0.134. The molecule has 0 unspecified atom stereocenters. The lowest BCUT2D eigenvalue weighted by Crippen LogP contribution is -2.32. The Kier molecular flexibility index (Phi) is 14.2. The van der Waals surface area contributed by atoms with Crippen molar-refractivity contribution < 1.29 is 9.47 Å². The van der Waals surface area contributed by atoms with Gasteiger partial charge in [-0.05, 0) is 177 Å². The summed E-state index contributed by atoms with van der Waals surface area (Å²) in [5, 5.41) is 7.10. The van der Waals surface area contributed by atoms with E-state index in [-0.39, 0.29) is 0 Å². The van der Waals surface area contributed by atoms with Crippen molar-refractivity contribution in [2.75, 3.05) is 0 Å². The van der Waals surface area contributed by atoms with Crippen LogP contribution in [0.3, 0.4) is 0 Å². The highest BCUT2D eigenvalue weighted by Crippen LogP contribution is 2.66. The number of hydrogen-bond acceptors (Lipinski definition) is 6. The van der Waals surface area contributed by atoms with Crippen molar-refractivity contribution in [1.82, 2.24) is 19.9 Å². The monoisotopic (exact) mass is 1460 g/mol. The lowest BCUT2D eigenvalue weighted by Gasteiger charge is -2.40. The molecule has 6 nitrogen and oxygen atoms in total. The number of nitrogens with zero attached hydrogens (tertiary/aromatic N) is 4. The van der Waals surface area contributed by atoms with Gasteiger partial charge in [0.15, 0.2) is 11.6 Å². The van der Waals surface area contributed by atoms with E-state index in [1.54, 1.807) is 0 Å². The van der Waals surface area contributed by atoms with E-state index in [1.807, 2.05) is 12.1 Å². The molecule has 0 saturated heterocycles. The maximum absolute atomic E-state index is 7.61. The van der Waals surface area contributed by atoms with E-state index in [0.29, 0.717) is 11.6 Å². The second-order valence-corrected chi connectivity index (χ2v) is 30.9. The van der Waals surface area contributed by atoms with Gasteiger partial charge >= 0.3 is 0 Å². The molecule has 2 aliphatic heterocycles. The Morgan fingerprint density at radius 1 is 0.235 bits per heavy atom. The molecule has 0 bridgehead atoms. The normalized spacial score (nSPS) is 13.6. The third-order valence-corrected chi connectivity index (χ3v) is 24.8. The first kappa shape index (κ1) is 64.8. The van der Waals surface area contributed by atoms with Crippen LogP contribution in [-0.2, 0) is 17.3 Å². The van der Waals surface area contributed by atoms with Crippen molar-refractivity contribution in [1.29, 1.82) is 0 Å². The SMILES string of the molecule is C1=Cc2cc(-c3cc(-c4cccc(-c5cccc6c5Oc5cc(-c7ccc8c(ccc9cc(-c%10cc(-c%11cccc(-c%12cccc%13c%12Oc%12ccccc%12C%13%12c%13ccccc%13-c%13ccccc%13%12)c%11)nc(-c%11ccccc%11)n%10)ccc98)c7)ccc5C65c6ccccc6-c6ccccc65)c4)nc(-c4ccccc4)n3)cc3cccc(c23)C1. The topological polar surface area (TPSA) is 70.0 Å². The van der Waals surface area contributed by atoms with E-state index in [0.717, 1.165) is 163 Å². The fourth-order valence-corrected chi connectivity index (χ4v) is 19.8. The predicted octanol–water partition coefficient (Wildman–Crippen LogP) is 27.2. The second-order valence-electron chi connectivity index (χ2n) is 30.9. The smallest absolute Gasteiger partial charge is 0.160 e. The van der Waals surface area contributed by atoms with Gasteiger partial charge in [-0.3, -0.25) is 0 Å². The van der Waals surface area contributed by atoms with Crippen molar-refractivity contribution in [3.05, 3.63) is 438 Å². The highest BCUT2D eigenvalue weighted by atomic mass is 16.5. The van der Waals surface area contributed by atoms with Crippen molar-refractivity contribution >= 4 is 38.4 Å². The second kappa shape index (κ2) is 25.3. The van der Waals surface area contributed by atoms with Crippen molar-refractivity contribution in [2.45, 2.75) is 17.3 Å². The number of fused-ring (bicyclic) bond motifs is 21. The van der Waals surface area contributed by atoms with Gasteiger partial charge in [0.25, 0.3) is 0 Å². The lowest BCUT2D eigenvalue weighted by molar-refractivity contribution is 0.438. The minimum Gasteiger partial charge on any atom is -0.456 e. The summed E-state index contributed by atoms with van der Waals surface area (Å²) in [6.07, 6.45) is 5.45. The Hall–Kier alpha value is -15.0. The summed E-state index contributed by atoms with van der Waals surface area (Å²) in [4.78, 5) is 21.4. The molecule has 0 atom stereocenters. The third kappa shape index (κ3) is 9.82. The Balaban J connectivity index is 0.589. The Morgan fingerprint density at radius 3 is 1.18 bits per heavy atom. The van der Waals surface area contributed by atoms with E-state index in [4.69, 9.17) is 29.4 Å². The molecular weight excluding hydrogens is 1400 g/mol. The van der Waals surface area contributed by atoms with Gasteiger partial charge in [-0.25, -0.2) is 19.9 Å². The number of allylic oxidation sites excluding steroid dienone is 1. The standard InChI is InChI=1S/C109H66N4O2/c1-3-23-67(24-4-1)106-110-97(75-31-19-29-71(58-75)83-39-21-46-95-104(83)114-101-48-16-15-45-93(101)108(95)89-41-11-7-35-85(89)86-36-8-12-42-90(86)108)64-99(112-106)77-52-55-82-74(60-77)50-49-73-57-69(51-54-81(73)82)70-53-56-94-102(63-70)115-105-84(40-22-47-96(105)109(94)91-43-13-9-37-87(91)88-38-10-14-44-92(88)109)72-30-20-32-76(59-72)98-65-100(113-107(111-98)68-25-5-2-6-26-68)80-61-78-33-17-27-66-28-18-34-79(62-80)103(66)78/h1-27,29-65H,28H2. The molecule has 17 aromatic carbocycles. The zero-order valence-corrected chi connectivity index (χ0v) is 62.3. The van der Waals surface area contributed by atoms with Crippen LogP contribution in [0, 0.1) is 0 Å². The largest absolute Gasteiger partial charge is 0.456 e. The van der Waals surface area contributed by atoms with Gasteiger partial charge in [-0.15, -0.1) is 0 Å². The van der Waals surface area contributed by atoms with Crippen LogP contribution in [-0.4, -0.2) is 19.9 Å². The first-order chi connectivity index (χ1) is 56.9. The van der Waals surface area contributed by atoms with Crippen LogP contribution < -0.4 is 9.47 Å². The van der Waals surface area contributed by atoms with Crippen LogP contribution in [0.5, 0.6) is 23.0 Å². The van der Waals surface area contributed by atoms with Gasteiger partial charge in [-0.1, -0.05) is 328 Å². The summed E-state index contributed by atoms with van der Waals surface area (Å²) >= 11 is 0. The van der Waals surface area contributed by atoms with Crippen LogP contribution in [0.15, 0.2) is 382 Å². The highest BCUT2D eigenvalue weighted by Gasteiger charge is 2.53. The fraction of sp³-hybridized carbons (Fsp3) is 0.0275. The minimum absolute atomic E-state index is 0.576. The Morgan fingerprint density at radius 2 is 0.626 bits per heavy atom. The van der Waals surface area contributed by atoms with Gasteiger partial charge in [-0.2, -0.15) is 0 Å². The maximum atomic E-state index is 7.61. The molecule has 19 aromatic rings. The van der Waals surface area contributed by atoms with Crippen molar-refractivity contribution in [3.8, 4) is 146 Å². The molecule has 2 aromatic heterocycles. The van der Waals surface area contributed by atoms with Gasteiger partial charge < -0.3 is 9.47 Å². The van der Waals surface area contributed by atoms with Crippen LogP contribution in [0.1, 0.15) is 55.6 Å². The Labute approximate surface area is 665 Å². The van der Waals surface area contributed by atoms with Gasteiger partial charge in [0.05, 0.1) is 33.6 Å². The van der Waals surface area contributed by atoms with Gasteiger partial charge in [0.1, 0.15) is 23.0 Å². The summed E-state index contributed by atoms with van der Waals surface area (Å²) in [6.45, 7) is 0. The number of rotatable bonds is 9. The fourth-order valence-electron chi connectivity index (χ4n) is 19.8. The molecule has 0 fully saturated rings. The molecule has 115 heavy (non-hydrogen) atoms. The molecule has 0 amide bonds. The summed E-state index contributed by atoms with van der Waals surface area (Å²) in [5.41, 5.74) is 31.2. The molecule has 5 aliphatic rings. The maximum Gasteiger partial charge on any atom is 0.160 e. The van der Waals surface area contributed by atoms with Crippen LogP contribution >= 0.6 is 0 Å². The Bertz CT molecular complexity index is 7310. The number of benzene rings is 17. The number of ether oxygens (including phenoxy) is 2. The molecule has 24 rings (SSSR count). The van der Waals surface area contributed by atoms with E-state index in [1.165, 1.54) is 66.4 Å². The van der Waals surface area contributed by atoms with Crippen LogP contribution in [0.2, 0.25) is 0 Å². The average molecular weight is 1460 g/mol. The summed E-state index contributed by atoms with van der Waals surface area (Å²) in [7, 11) is 0. The van der Waals surface area contributed by atoms with Crippen LogP contribution in [0.25, 0.3) is 162 Å². The molecule has 0 N–H and O–H groups in total. The molecule has 0 radical (unpaired) electrons. The van der Waals surface area contributed by atoms with Crippen LogP contribution in [0.4, 0.5) is 0 Å². The highest BCUT2D eigenvalue weighted by molar-refractivity contribution is 6.10. The van der Waals surface area contributed by atoms with E-state index >= 15 is 0 Å². The molecule has 3 aliphatic carbocycles. The molecule has 2 spiro atoms. The first-order valence-corrected chi connectivity index (χ1v) is 39.5. The number of aromatic nitrogens is 4. The average Bonchev–Trinajstić information content (AvgIpc) is 1.69. The molecule has 534 valence electrons. The third-order valence-electron chi connectivity index (χ3n) is 24.8. The first-order valence-electron chi connectivity index (χ1n) is 39.5. The van der Waals surface area contributed by atoms with E-state index < -0.39 is 10.8 Å². The summed E-state index contributed by atoms with van der Waals surface area (Å²) in [6, 6.07) is 136. The predicted molar refractivity (Wildman–Crippen MR) is 467 cm³/mol. The van der Waals surface area contributed by atoms with Crippen molar-refractivity contribution in [2.24, 2.45) is 0 Å². The zero-order chi connectivity index (χ0) is 75.5. The number of para-hydroxylation sites is 3. The summed E-state index contributed by atoms with van der Waals surface area (Å²) < 4.78 is 14.8. The zero-order valence-electron chi connectivity index (χ0n) is 62.3. The molecule has 0 saturated carbocycles. The number of hydrogen-bond donors (Lipinski definition) is 0.